The van der Waals surface area contributed by atoms with Crippen LogP contribution in [0.5, 0.6) is 0 Å². The number of nitrogens with one attached hydrogen (secondary N) is 1. The van der Waals surface area contributed by atoms with Gasteiger partial charge in [-0.15, -0.1) is 0 Å². The number of anilines is 1. The van der Waals surface area contributed by atoms with Crippen LogP contribution in [0.3, 0.4) is 0 Å². The number of benzene rings is 2. The predicted octanol–water partition coefficient (Wildman–Crippen LogP) is 4.40. The third-order valence-corrected chi connectivity index (χ3v) is 5.37. The first-order chi connectivity index (χ1) is 13.5. The van der Waals surface area contributed by atoms with E-state index in [4.69, 9.17) is 0 Å². The van der Waals surface area contributed by atoms with Crippen LogP contribution in [0.15, 0.2) is 54.6 Å². The van der Waals surface area contributed by atoms with Gasteiger partial charge in [0.05, 0.1) is 11.3 Å². The number of amides is 1. The van der Waals surface area contributed by atoms with Crippen molar-refractivity contribution in [2.45, 2.75) is 13.8 Å². The van der Waals surface area contributed by atoms with Gasteiger partial charge in [-0.1, -0.05) is 42.0 Å². The summed E-state index contributed by atoms with van der Waals surface area (Å²) in [6, 6.07) is 17.0. The summed E-state index contributed by atoms with van der Waals surface area (Å²) >= 11 is 0. The Balaban J connectivity index is 1.47. The highest BCUT2D eigenvalue weighted by atomic mass is 19.1. The van der Waals surface area contributed by atoms with E-state index >= 15 is 0 Å². The van der Waals surface area contributed by atoms with E-state index in [1.165, 1.54) is 11.6 Å². The second-order valence-corrected chi connectivity index (χ2v) is 7.32. The Labute approximate surface area is 164 Å². The van der Waals surface area contributed by atoms with Gasteiger partial charge in [-0.3, -0.25) is 4.79 Å². The lowest BCUT2D eigenvalue weighted by Gasteiger charge is -2.36. The van der Waals surface area contributed by atoms with Crippen molar-refractivity contribution in [1.29, 1.82) is 0 Å². The largest absolute Gasteiger partial charge is 0.366 e. The maximum atomic E-state index is 14.0. The maximum absolute atomic E-state index is 14.0. The molecular formula is C23H24FN3O. The Hall–Kier alpha value is -3.08. The molecule has 1 fully saturated rings. The Morgan fingerprint density at radius 1 is 0.964 bits per heavy atom. The molecule has 1 saturated heterocycles. The maximum Gasteiger partial charge on any atom is 0.255 e. The van der Waals surface area contributed by atoms with Crippen molar-refractivity contribution in [3.8, 4) is 11.3 Å². The van der Waals surface area contributed by atoms with Gasteiger partial charge in [0.25, 0.3) is 5.91 Å². The molecule has 0 saturated carbocycles. The zero-order valence-electron chi connectivity index (χ0n) is 16.2. The van der Waals surface area contributed by atoms with Crippen molar-refractivity contribution in [2.24, 2.45) is 0 Å². The van der Waals surface area contributed by atoms with Crippen molar-refractivity contribution in [2.75, 3.05) is 31.1 Å². The first kappa shape index (κ1) is 18.3. The zero-order chi connectivity index (χ0) is 19.7. The number of carbonyl (C=O) groups is 1. The van der Waals surface area contributed by atoms with E-state index in [0.29, 0.717) is 37.4 Å². The lowest BCUT2D eigenvalue weighted by atomic mass is 10.1. The molecule has 1 aromatic heterocycles. The summed E-state index contributed by atoms with van der Waals surface area (Å²) in [6.45, 7) is 6.40. The second kappa shape index (κ2) is 7.50. The van der Waals surface area contributed by atoms with E-state index < -0.39 is 0 Å². The van der Waals surface area contributed by atoms with Gasteiger partial charge in [-0.05, 0) is 37.6 Å². The highest BCUT2D eigenvalue weighted by molar-refractivity contribution is 5.97. The third-order valence-electron chi connectivity index (χ3n) is 5.37. The predicted molar refractivity (Wildman–Crippen MR) is 110 cm³/mol. The van der Waals surface area contributed by atoms with Crippen LogP contribution in [0.1, 0.15) is 21.6 Å². The van der Waals surface area contributed by atoms with Crippen LogP contribution < -0.4 is 4.90 Å². The SMILES string of the molecule is Cc1ccc(-c2cc(C(=O)N3CCN(c4ccccc4F)CC3)c(C)[nH]2)cc1. The number of nitrogens with zero attached hydrogens (tertiary/aromatic N) is 2. The summed E-state index contributed by atoms with van der Waals surface area (Å²) in [6.07, 6.45) is 0. The van der Waals surface area contributed by atoms with E-state index in [1.54, 1.807) is 12.1 Å². The van der Waals surface area contributed by atoms with E-state index in [2.05, 4.69) is 36.2 Å². The Morgan fingerprint density at radius 2 is 1.64 bits per heavy atom. The molecule has 4 rings (SSSR count). The topological polar surface area (TPSA) is 39.3 Å². The summed E-state index contributed by atoms with van der Waals surface area (Å²) in [7, 11) is 0. The van der Waals surface area contributed by atoms with E-state index in [1.807, 2.05) is 28.9 Å². The van der Waals surface area contributed by atoms with Crippen molar-refractivity contribution < 1.29 is 9.18 Å². The van der Waals surface area contributed by atoms with E-state index in [9.17, 15) is 9.18 Å². The number of halogens is 1. The molecule has 1 aliphatic rings. The lowest BCUT2D eigenvalue weighted by molar-refractivity contribution is 0.0746. The van der Waals surface area contributed by atoms with Gasteiger partial charge in [-0.25, -0.2) is 4.39 Å². The number of H-pyrrole nitrogens is 1. The molecule has 2 aromatic carbocycles. The van der Waals surface area contributed by atoms with Crippen molar-refractivity contribution >= 4 is 11.6 Å². The first-order valence-electron chi connectivity index (χ1n) is 9.58. The summed E-state index contributed by atoms with van der Waals surface area (Å²) in [5.41, 5.74) is 5.40. The minimum atomic E-state index is -0.216. The van der Waals surface area contributed by atoms with Gasteiger partial charge in [0.2, 0.25) is 0 Å². The van der Waals surface area contributed by atoms with Gasteiger partial charge in [0.15, 0.2) is 0 Å². The highest BCUT2D eigenvalue weighted by Crippen LogP contribution is 2.25. The number of para-hydroxylation sites is 1. The molecule has 1 aliphatic heterocycles. The molecule has 28 heavy (non-hydrogen) atoms. The average molecular weight is 377 g/mol. The van der Waals surface area contributed by atoms with Crippen LogP contribution in [0.25, 0.3) is 11.3 Å². The minimum Gasteiger partial charge on any atom is -0.366 e. The molecule has 5 heteroatoms. The molecule has 4 nitrogen and oxygen atoms in total. The van der Waals surface area contributed by atoms with Gasteiger partial charge >= 0.3 is 0 Å². The number of carbonyl (C=O) groups excluding carboxylic acids is 1. The monoisotopic (exact) mass is 377 g/mol. The molecule has 3 aromatic rings. The Bertz CT molecular complexity index is 985. The molecule has 2 heterocycles. The molecular weight excluding hydrogens is 353 g/mol. The fourth-order valence-electron chi connectivity index (χ4n) is 3.70. The van der Waals surface area contributed by atoms with Gasteiger partial charge < -0.3 is 14.8 Å². The van der Waals surface area contributed by atoms with Crippen LogP contribution >= 0.6 is 0 Å². The van der Waals surface area contributed by atoms with Crippen LogP contribution in [0.2, 0.25) is 0 Å². The molecule has 0 aliphatic carbocycles. The number of hydrogen-bond donors (Lipinski definition) is 1. The number of aryl methyl sites for hydroxylation is 2. The van der Waals surface area contributed by atoms with Crippen molar-refractivity contribution in [3.63, 3.8) is 0 Å². The molecule has 0 bridgehead atoms. The lowest BCUT2D eigenvalue weighted by Crippen LogP contribution is -2.49. The van der Waals surface area contributed by atoms with Crippen molar-refractivity contribution in [3.05, 3.63) is 77.2 Å². The van der Waals surface area contributed by atoms with Crippen LogP contribution in [-0.4, -0.2) is 42.0 Å². The normalized spacial score (nSPS) is 14.4. The highest BCUT2D eigenvalue weighted by Gasteiger charge is 2.25. The number of hydrogen-bond acceptors (Lipinski definition) is 2. The second-order valence-electron chi connectivity index (χ2n) is 7.32. The third kappa shape index (κ3) is 3.52. The van der Waals surface area contributed by atoms with Gasteiger partial charge in [0, 0.05) is 37.6 Å². The van der Waals surface area contributed by atoms with Gasteiger partial charge in [-0.2, -0.15) is 0 Å². The summed E-state index contributed by atoms with van der Waals surface area (Å²) in [5.74, 6) is -0.188. The molecule has 1 N–H and O–H groups in total. The number of piperazine rings is 1. The summed E-state index contributed by atoms with van der Waals surface area (Å²) in [4.78, 5) is 20.2. The van der Waals surface area contributed by atoms with E-state index in [0.717, 1.165) is 17.0 Å². The molecule has 0 spiro atoms. The number of aromatic amines is 1. The fraction of sp³-hybridized carbons (Fsp3) is 0.261. The van der Waals surface area contributed by atoms with Crippen LogP contribution in [0, 0.1) is 19.7 Å². The Morgan fingerprint density at radius 3 is 2.32 bits per heavy atom. The minimum absolute atomic E-state index is 0.0281. The van der Waals surface area contributed by atoms with Gasteiger partial charge in [0.1, 0.15) is 5.82 Å². The molecule has 1 amide bonds. The van der Waals surface area contributed by atoms with Crippen LogP contribution in [-0.2, 0) is 0 Å². The molecule has 0 unspecified atom stereocenters. The smallest absolute Gasteiger partial charge is 0.255 e. The summed E-state index contributed by atoms with van der Waals surface area (Å²) < 4.78 is 14.0. The first-order valence-corrected chi connectivity index (χ1v) is 9.58. The Kier molecular flexibility index (Phi) is 4.90. The molecule has 0 radical (unpaired) electrons. The van der Waals surface area contributed by atoms with Crippen LogP contribution in [0.4, 0.5) is 10.1 Å². The molecule has 144 valence electrons. The average Bonchev–Trinajstić information content (AvgIpc) is 3.10. The summed E-state index contributed by atoms with van der Waals surface area (Å²) in [5, 5.41) is 0. The quantitative estimate of drug-likeness (QED) is 0.735. The fourth-order valence-corrected chi connectivity index (χ4v) is 3.70. The molecule has 0 atom stereocenters. The number of aromatic nitrogens is 1. The number of rotatable bonds is 3. The van der Waals surface area contributed by atoms with E-state index in [-0.39, 0.29) is 11.7 Å². The standard InChI is InChI=1S/C23H24FN3O/c1-16-7-9-18(10-8-16)21-15-19(17(2)25-21)23(28)27-13-11-26(12-14-27)22-6-4-3-5-20(22)24/h3-10,15,25H,11-14H2,1-2H3. The van der Waals surface area contributed by atoms with Crippen molar-refractivity contribution in [1.82, 2.24) is 9.88 Å². The zero-order valence-corrected chi connectivity index (χ0v) is 16.2.